The first kappa shape index (κ1) is 10.1. The Bertz CT molecular complexity index is 319. The molecule has 1 aromatic rings. The van der Waals surface area contributed by atoms with E-state index in [1.165, 1.54) is 13.1 Å². The zero-order valence-electron chi connectivity index (χ0n) is 6.77. The normalized spacial score (nSPS) is 11.7. The first-order chi connectivity index (χ1) is 5.90. The summed E-state index contributed by atoms with van der Waals surface area (Å²) in [6.45, 7) is 1.27. The molecule has 0 saturated heterocycles. The molecule has 0 aliphatic carbocycles. The van der Waals surface area contributed by atoms with E-state index in [4.69, 9.17) is 11.6 Å². The number of aromatic amines is 1. The van der Waals surface area contributed by atoms with Crippen LogP contribution in [0.2, 0.25) is 0 Å². The van der Waals surface area contributed by atoms with Gasteiger partial charge in [0.15, 0.2) is 5.78 Å². The number of hydrogen-bond acceptors (Lipinski definition) is 2. The third kappa shape index (κ3) is 2.77. The fraction of sp³-hybridized carbons (Fsp3) is 0.429. The molecule has 6 heteroatoms. The van der Waals surface area contributed by atoms with Crippen molar-refractivity contribution < 1.29 is 13.6 Å². The number of carbonyl (C=O) groups excluding carboxylic acids is 1. The van der Waals surface area contributed by atoms with Gasteiger partial charge in [-0.15, -0.1) is 0 Å². The van der Waals surface area contributed by atoms with E-state index in [-0.39, 0.29) is 17.0 Å². The third-order valence-electron chi connectivity index (χ3n) is 1.46. The number of nitrogens with zero attached hydrogens (tertiary/aromatic N) is 1. The van der Waals surface area contributed by atoms with Crippen molar-refractivity contribution in [2.24, 2.45) is 0 Å². The highest BCUT2D eigenvalue weighted by Gasteiger charge is 2.27. The van der Waals surface area contributed by atoms with Crippen LogP contribution in [0.15, 0.2) is 6.20 Å². The number of halogens is 3. The summed E-state index contributed by atoms with van der Waals surface area (Å²) in [5.74, 6) is -0.339. The monoisotopic (exact) mass is 208 g/mol. The maximum atomic E-state index is 12.3. The highest BCUT2D eigenvalue weighted by atomic mass is 35.5. The second-order valence-corrected chi connectivity index (χ2v) is 3.17. The lowest BCUT2D eigenvalue weighted by molar-refractivity contribution is 0.0952. The maximum absolute atomic E-state index is 12.3. The second kappa shape index (κ2) is 3.41. The summed E-state index contributed by atoms with van der Waals surface area (Å²) >= 11 is 4.71. The molecule has 1 rings (SSSR count). The molecule has 0 aliphatic heterocycles. The topological polar surface area (TPSA) is 45.8 Å². The molecule has 1 aromatic heterocycles. The SMILES string of the molecule is CC(=O)c1[nH]ncc1CC(F)(F)Cl. The van der Waals surface area contributed by atoms with Crippen LogP contribution in [0, 0.1) is 0 Å². The number of Topliss-reactive ketones (excluding diaryl/α,β-unsaturated/α-hetero) is 1. The van der Waals surface area contributed by atoms with Gasteiger partial charge in [0.1, 0.15) is 5.69 Å². The highest BCUT2D eigenvalue weighted by Crippen LogP contribution is 2.25. The van der Waals surface area contributed by atoms with E-state index in [2.05, 4.69) is 10.2 Å². The summed E-state index contributed by atoms with van der Waals surface area (Å²) in [5, 5.41) is 2.49. The molecule has 0 bridgehead atoms. The van der Waals surface area contributed by atoms with Gasteiger partial charge in [-0.05, 0) is 11.6 Å². The summed E-state index contributed by atoms with van der Waals surface area (Å²) in [6, 6.07) is 0. The molecule has 0 saturated carbocycles. The van der Waals surface area contributed by atoms with Gasteiger partial charge in [-0.1, -0.05) is 0 Å². The van der Waals surface area contributed by atoms with Crippen molar-refractivity contribution in [1.82, 2.24) is 10.2 Å². The number of rotatable bonds is 3. The van der Waals surface area contributed by atoms with E-state index in [9.17, 15) is 13.6 Å². The molecule has 0 aliphatic rings. The van der Waals surface area contributed by atoms with Gasteiger partial charge in [-0.25, -0.2) is 0 Å². The predicted molar refractivity (Wildman–Crippen MR) is 43.1 cm³/mol. The van der Waals surface area contributed by atoms with Gasteiger partial charge in [0.05, 0.1) is 12.6 Å². The number of hydrogen-bond donors (Lipinski definition) is 1. The Labute approximate surface area is 78.1 Å². The number of aromatic nitrogens is 2. The van der Waals surface area contributed by atoms with E-state index < -0.39 is 11.8 Å². The van der Waals surface area contributed by atoms with Crippen molar-refractivity contribution in [1.29, 1.82) is 0 Å². The quantitative estimate of drug-likeness (QED) is 0.610. The minimum atomic E-state index is -3.34. The minimum Gasteiger partial charge on any atom is -0.293 e. The lowest BCUT2D eigenvalue weighted by Crippen LogP contribution is -2.12. The van der Waals surface area contributed by atoms with Crippen LogP contribution >= 0.6 is 11.6 Å². The van der Waals surface area contributed by atoms with Crippen LogP contribution < -0.4 is 0 Å². The van der Waals surface area contributed by atoms with Crippen LogP contribution in [-0.2, 0) is 6.42 Å². The fourth-order valence-corrected chi connectivity index (χ4v) is 1.11. The number of alkyl halides is 3. The average Bonchev–Trinajstić information content (AvgIpc) is 2.31. The van der Waals surface area contributed by atoms with Crippen molar-refractivity contribution >= 4 is 17.4 Å². The fourth-order valence-electron chi connectivity index (χ4n) is 0.966. The number of H-pyrrole nitrogens is 1. The van der Waals surface area contributed by atoms with Crippen LogP contribution in [0.1, 0.15) is 23.0 Å². The predicted octanol–water partition coefficient (Wildman–Crippen LogP) is 1.99. The Morgan fingerprint density at radius 1 is 1.77 bits per heavy atom. The molecule has 0 spiro atoms. The molecule has 0 fully saturated rings. The standard InChI is InChI=1S/C7H7ClF2N2O/c1-4(13)6-5(3-11-12-6)2-7(8,9)10/h3H,2H2,1H3,(H,11,12). The number of nitrogens with one attached hydrogen (secondary N) is 1. The van der Waals surface area contributed by atoms with Crippen molar-refractivity contribution in [2.45, 2.75) is 18.7 Å². The maximum Gasteiger partial charge on any atom is 0.325 e. The summed E-state index contributed by atoms with van der Waals surface area (Å²) in [4.78, 5) is 10.9. The Morgan fingerprint density at radius 3 is 2.85 bits per heavy atom. The van der Waals surface area contributed by atoms with E-state index in [0.29, 0.717) is 0 Å². The minimum absolute atomic E-state index is 0.0836. The van der Waals surface area contributed by atoms with Crippen LogP contribution in [0.5, 0.6) is 0 Å². The molecule has 3 nitrogen and oxygen atoms in total. The highest BCUT2D eigenvalue weighted by molar-refractivity contribution is 6.21. The molecule has 0 unspecified atom stereocenters. The summed E-state index contributed by atoms with van der Waals surface area (Å²) in [5.41, 5.74) is 0.216. The molecule has 0 radical (unpaired) electrons. The van der Waals surface area contributed by atoms with Gasteiger partial charge >= 0.3 is 5.38 Å². The first-order valence-electron chi connectivity index (χ1n) is 3.50. The molecule has 1 heterocycles. The molecule has 0 atom stereocenters. The van der Waals surface area contributed by atoms with Crippen LogP contribution in [0.4, 0.5) is 8.78 Å². The first-order valence-corrected chi connectivity index (χ1v) is 3.88. The van der Waals surface area contributed by atoms with Crippen molar-refractivity contribution in [3.05, 3.63) is 17.5 Å². The van der Waals surface area contributed by atoms with Crippen LogP contribution in [0.3, 0.4) is 0 Å². The lowest BCUT2D eigenvalue weighted by atomic mass is 10.1. The van der Waals surface area contributed by atoms with Crippen molar-refractivity contribution in [3.8, 4) is 0 Å². The Kier molecular flexibility index (Phi) is 2.66. The van der Waals surface area contributed by atoms with Gasteiger partial charge in [0.2, 0.25) is 0 Å². The smallest absolute Gasteiger partial charge is 0.293 e. The van der Waals surface area contributed by atoms with Gasteiger partial charge in [-0.3, -0.25) is 9.89 Å². The van der Waals surface area contributed by atoms with Gasteiger partial charge in [-0.2, -0.15) is 13.9 Å². The van der Waals surface area contributed by atoms with Gasteiger partial charge in [0.25, 0.3) is 0 Å². The van der Waals surface area contributed by atoms with E-state index >= 15 is 0 Å². The summed E-state index contributed by atoms with van der Waals surface area (Å²) < 4.78 is 24.7. The Hall–Kier alpha value is -0.970. The van der Waals surface area contributed by atoms with E-state index in [1.54, 1.807) is 0 Å². The van der Waals surface area contributed by atoms with Crippen molar-refractivity contribution in [2.75, 3.05) is 0 Å². The lowest BCUT2D eigenvalue weighted by Gasteiger charge is -2.05. The molecular weight excluding hydrogens is 202 g/mol. The van der Waals surface area contributed by atoms with Gasteiger partial charge < -0.3 is 0 Å². The van der Waals surface area contributed by atoms with Crippen LogP contribution in [0.25, 0.3) is 0 Å². The number of ketones is 1. The molecule has 0 aromatic carbocycles. The average molecular weight is 209 g/mol. The van der Waals surface area contributed by atoms with E-state index in [0.717, 1.165) is 0 Å². The second-order valence-electron chi connectivity index (χ2n) is 2.62. The zero-order chi connectivity index (χ0) is 10.1. The molecule has 72 valence electrons. The van der Waals surface area contributed by atoms with Gasteiger partial charge in [0, 0.05) is 12.5 Å². The zero-order valence-corrected chi connectivity index (χ0v) is 7.53. The molecular formula is C7H7ClF2N2O. The summed E-state index contributed by atoms with van der Waals surface area (Å²) in [7, 11) is 0. The molecule has 1 N–H and O–H groups in total. The number of carbonyl (C=O) groups is 1. The van der Waals surface area contributed by atoms with Crippen molar-refractivity contribution in [3.63, 3.8) is 0 Å². The van der Waals surface area contributed by atoms with Crippen LogP contribution in [-0.4, -0.2) is 21.4 Å². The third-order valence-corrected chi connectivity index (χ3v) is 1.59. The largest absolute Gasteiger partial charge is 0.325 e. The van der Waals surface area contributed by atoms with E-state index in [1.807, 2.05) is 0 Å². The Morgan fingerprint density at radius 2 is 2.38 bits per heavy atom. The molecule has 13 heavy (non-hydrogen) atoms. The summed E-state index contributed by atoms with van der Waals surface area (Å²) in [6.07, 6.45) is 0.479. The Balaban J connectivity index is 2.89. The molecule has 0 amide bonds.